The maximum atomic E-state index is 12.6. The summed E-state index contributed by atoms with van der Waals surface area (Å²) in [6.45, 7) is 5.07. The highest BCUT2D eigenvalue weighted by Gasteiger charge is 2.23. The van der Waals surface area contributed by atoms with E-state index < -0.39 is 0 Å². The standard InChI is InChI=1S/C22H25N3O5/c1-15(26)18-11-20-21(30-14-29-20)12-19(18)23-22(27)13-24-7-9-25(10-8-24)16-3-5-17(28-2)6-4-16/h3-6,11-12H,7-10,13-14H2,1-2H3,(H,23,27). The van der Waals surface area contributed by atoms with E-state index in [1.165, 1.54) is 6.92 Å². The molecule has 1 amide bonds. The molecular weight excluding hydrogens is 386 g/mol. The van der Waals surface area contributed by atoms with Crippen molar-refractivity contribution in [3.8, 4) is 17.2 Å². The Labute approximate surface area is 175 Å². The molecule has 2 aromatic carbocycles. The molecule has 0 unspecified atom stereocenters. The maximum Gasteiger partial charge on any atom is 0.238 e. The molecule has 158 valence electrons. The minimum Gasteiger partial charge on any atom is -0.497 e. The van der Waals surface area contributed by atoms with Crippen LogP contribution in [0, 0.1) is 0 Å². The number of ether oxygens (including phenoxy) is 3. The SMILES string of the molecule is COc1ccc(N2CCN(CC(=O)Nc3cc4c(cc3C(C)=O)OCO4)CC2)cc1. The van der Waals surface area contributed by atoms with E-state index in [1.807, 2.05) is 24.3 Å². The Kier molecular flexibility index (Phi) is 5.76. The van der Waals surface area contributed by atoms with Crippen molar-refractivity contribution in [2.45, 2.75) is 6.92 Å². The molecule has 0 bridgehead atoms. The molecule has 1 saturated heterocycles. The molecule has 0 atom stereocenters. The highest BCUT2D eigenvalue weighted by molar-refractivity contribution is 6.05. The average Bonchev–Trinajstić information content (AvgIpc) is 3.21. The van der Waals surface area contributed by atoms with Gasteiger partial charge in [-0.05, 0) is 37.3 Å². The van der Waals surface area contributed by atoms with E-state index in [1.54, 1.807) is 19.2 Å². The van der Waals surface area contributed by atoms with E-state index in [0.29, 0.717) is 22.7 Å². The van der Waals surface area contributed by atoms with Crippen LogP contribution in [0.2, 0.25) is 0 Å². The van der Waals surface area contributed by atoms with Gasteiger partial charge in [-0.3, -0.25) is 14.5 Å². The van der Waals surface area contributed by atoms with Crippen molar-refractivity contribution in [2.75, 3.05) is 56.8 Å². The molecule has 4 rings (SSSR count). The minimum absolute atomic E-state index is 0.114. The van der Waals surface area contributed by atoms with Crippen LogP contribution in [-0.2, 0) is 4.79 Å². The molecule has 0 saturated carbocycles. The second-order valence-corrected chi connectivity index (χ2v) is 7.32. The second-order valence-electron chi connectivity index (χ2n) is 7.32. The third-order valence-electron chi connectivity index (χ3n) is 5.34. The van der Waals surface area contributed by atoms with Crippen molar-refractivity contribution in [3.63, 3.8) is 0 Å². The molecule has 0 aliphatic carbocycles. The Balaban J connectivity index is 1.34. The quantitative estimate of drug-likeness (QED) is 0.731. The number of methoxy groups -OCH3 is 1. The molecule has 2 aliphatic heterocycles. The summed E-state index contributed by atoms with van der Waals surface area (Å²) in [6, 6.07) is 11.3. The molecule has 0 aromatic heterocycles. The fourth-order valence-corrected chi connectivity index (χ4v) is 3.69. The lowest BCUT2D eigenvalue weighted by atomic mass is 10.1. The van der Waals surface area contributed by atoms with Crippen LogP contribution in [0.4, 0.5) is 11.4 Å². The lowest BCUT2D eigenvalue weighted by molar-refractivity contribution is -0.117. The van der Waals surface area contributed by atoms with E-state index in [0.717, 1.165) is 37.6 Å². The van der Waals surface area contributed by atoms with Gasteiger partial charge in [-0.15, -0.1) is 0 Å². The van der Waals surface area contributed by atoms with Crippen molar-refractivity contribution >= 4 is 23.1 Å². The van der Waals surface area contributed by atoms with Gasteiger partial charge in [0.2, 0.25) is 12.7 Å². The van der Waals surface area contributed by atoms with Gasteiger partial charge in [0.1, 0.15) is 5.75 Å². The number of rotatable bonds is 6. The summed E-state index contributed by atoms with van der Waals surface area (Å²) in [4.78, 5) is 29.0. The molecule has 0 spiro atoms. The topological polar surface area (TPSA) is 80.3 Å². The maximum absolute atomic E-state index is 12.6. The summed E-state index contributed by atoms with van der Waals surface area (Å²) < 4.78 is 15.9. The normalized spacial score (nSPS) is 15.7. The zero-order valence-corrected chi connectivity index (χ0v) is 17.1. The summed E-state index contributed by atoms with van der Waals surface area (Å²) in [7, 11) is 1.65. The average molecular weight is 411 g/mol. The molecule has 1 N–H and O–H groups in total. The van der Waals surface area contributed by atoms with Crippen LogP contribution in [0.15, 0.2) is 36.4 Å². The van der Waals surface area contributed by atoms with Crippen LogP contribution < -0.4 is 24.4 Å². The highest BCUT2D eigenvalue weighted by atomic mass is 16.7. The third kappa shape index (κ3) is 4.33. The Morgan fingerprint density at radius 1 is 1.03 bits per heavy atom. The summed E-state index contributed by atoms with van der Waals surface area (Å²) in [5, 5.41) is 2.86. The number of fused-ring (bicyclic) bond motifs is 1. The number of anilines is 2. The lowest BCUT2D eigenvalue weighted by Gasteiger charge is -2.35. The Morgan fingerprint density at radius 3 is 2.33 bits per heavy atom. The van der Waals surface area contributed by atoms with Gasteiger partial charge in [0.25, 0.3) is 0 Å². The van der Waals surface area contributed by atoms with Crippen molar-refractivity contribution in [3.05, 3.63) is 42.0 Å². The summed E-state index contributed by atoms with van der Waals surface area (Å²) in [5.74, 6) is 1.59. The van der Waals surface area contributed by atoms with Crippen molar-refractivity contribution < 1.29 is 23.8 Å². The Morgan fingerprint density at radius 2 is 1.70 bits per heavy atom. The summed E-state index contributed by atoms with van der Waals surface area (Å²) in [5.41, 5.74) is 2.01. The molecule has 30 heavy (non-hydrogen) atoms. The monoisotopic (exact) mass is 411 g/mol. The predicted molar refractivity (Wildman–Crippen MR) is 113 cm³/mol. The van der Waals surface area contributed by atoms with Crippen LogP contribution in [0.5, 0.6) is 17.2 Å². The van der Waals surface area contributed by atoms with Crippen LogP contribution in [0.3, 0.4) is 0 Å². The molecule has 8 heteroatoms. The van der Waals surface area contributed by atoms with Crippen molar-refractivity contribution in [2.24, 2.45) is 0 Å². The number of hydrogen-bond donors (Lipinski definition) is 1. The van der Waals surface area contributed by atoms with Gasteiger partial charge in [-0.1, -0.05) is 0 Å². The number of nitrogens with zero attached hydrogens (tertiary/aromatic N) is 2. The van der Waals surface area contributed by atoms with Crippen LogP contribution in [0.1, 0.15) is 17.3 Å². The Bertz CT molecular complexity index is 937. The number of carbonyl (C=O) groups excluding carboxylic acids is 2. The number of benzene rings is 2. The third-order valence-corrected chi connectivity index (χ3v) is 5.34. The lowest BCUT2D eigenvalue weighted by Crippen LogP contribution is -2.48. The molecule has 2 heterocycles. The number of carbonyl (C=O) groups is 2. The molecule has 0 radical (unpaired) electrons. The van der Waals surface area contributed by atoms with Gasteiger partial charge in [0, 0.05) is 43.5 Å². The largest absolute Gasteiger partial charge is 0.497 e. The first-order valence-electron chi connectivity index (χ1n) is 9.89. The Hall–Kier alpha value is -3.26. The first-order valence-corrected chi connectivity index (χ1v) is 9.89. The predicted octanol–water partition coefficient (Wildman–Crippen LogP) is 2.39. The number of nitrogens with one attached hydrogen (secondary N) is 1. The highest BCUT2D eigenvalue weighted by Crippen LogP contribution is 2.37. The van der Waals surface area contributed by atoms with E-state index >= 15 is 0 Å². The second kappa shape index (κ2) is 8.62. The van der Waals surface area contributed by atoms with Crippen molar-refractivity contribution in [1.82, 2.24) is 4.90 Å². The first-order chi connectivity index (χ1) is 14.5. The minimum atomic E-state index is -0.158. The molecular formula is C22H25N3O5. The van der Waals surface area contributed by atoms with Crippen LogP contribution >= 0.6 is 0 Å². The van der Waals surface area contributed by atoms with E-state index in [2.05, 4.69) is 15.1 Å². The number of hydrogen-bond acceptors (Lipinski definition) is 7. The number of ketones is 1. The van der Waals surface area contributed by atoms with Gasteiger partial charge in [0.15, 0.2) is 17.3 Å². The molecule has 1 fully saturated rings. The van der Waals surface area contributed by atoms with Gasteiger partial charge in [-0.2, -0.15) is 0 Å². The molecule has 8 nitrogen and oxygen atoms in total. The van der Waals surface area contributed by atoms with Gasteiger partial charge in [0.05, 0.1) is 19.3 Å². The zero-order valence-electron chi connectivity index (χ0n) is 17.1. The smallest absolute Gasteiger partial charge is 0.238 e. The van der Waals surface area contributed by atoms with Crippen LogP contribution in [-0.4, -0.2) is 63.2 Å². The number of amides is 1. The first kappa shape index (κ1) is 20.0. The van der Waals surface area contributed by atoms with E-state index in [9.17, 15) is 9.59 Å². The summed E-state index contributed by atoms with van der Waals surface area (Å²) in [6.07, 6.45) is 0. The zero-order chi connectivity index (χ0) is 21.1. The van der Waals surface area contributed by atoms with Gasteiger partial charge in [-0.25, -0.2) is 0 Å². The molecule has 2 aromatic rings. The van der Waals surface area contributed by atoms with E-state index in [-0.39, 0.29) is 25.0 Å². The van der Waals surface area contributed by atoms with Crippen molar-refractivity contribution in [1.29, 1.82) is 0 Å². The fraction of sp³-hybridized carbons (Fsp3) is 0.364. The van der Waals surface area contributed by atoms with Gasteiger partial charge >= 0.3 is 0 Å². The number of Topliss-reactive ketones (excluding diaryl/α,β-unsaturated/α-hetero) is 1. The fourth-order valence-electron chi connectivity index (χ4n) is 3.69. The summed E-state index contributed by atoms with van der Waals surface area (Å²) >= 11 is 0. The van der Waals surface area contributed by atoms with Crippen LogP contribution in [0.25, 0.3) is 0 Å². The van der Waals surface area contributed by atoms with Gasteiger partial charge < -0.3 is 24.4 Å². The van der Waals surface area contributed by atoms with E-state index in [4.69, 9.17) is 14.2 Å². The molecule has 2 aliphatic rings. The number of piperazine rings is 1.